The van der Waals surface area contributed by atoms with Crippen molar-refractivity contribution in [3.8, 4) is 0 Å². The van der Waals surface area contributed by atoms with E-state index in [2.05, 4.69) is 39.3 Å². The van der Waals surface area contributed by atoms with Crippen molar-refractivity contribution in [1.82, 2.24) is 9.97 Å². The summed E-state index contributed by atoms with van der Waals surface area (Å²) in [4.78, 5) is 9.02. The van der Waals surface area contributed by atoms with Gasteiger partial charge < -0.3 is 10.6 Å². The summed E-state index contributed by atoms with van der Waals surface area (Å²) in [5, 5.41) is 7.66. The van der Waals surface area contributed by atoms with Crippen molar-refractivity contribution in [3.05, 3.63) is 6.07 Å². The Morgan fingerprint density at radius 3 is 2.60 bits per heavy atom. The largest absolute Gasteiger partial charge is 0.370 e. The maximum absolute atomic E-state index is 4.54. The van der Waals surface area contributed by atoms with Crippen LogP contribution < -0.4 is 10.6 Å². The van der Waals surface area contributed by atoms with Gasteiger partial charge in [0, 0.05) is 19.2 Å². The van der Waals surface area contributed by atoms with Gasteiger partial charge in [0.1, 0.15) is 11.6 Å². The van der Waals surface area contributed by atoms with Crippen molar-refractivity contribution in [2.75, 3.05) is 41.5 Å². The Morgan fingerprint density at radius 1 is 1.25 bits per heavy atom. The van der Waals surface area contributed by atoms with Gasteiger partial charge >= 0.3 is 0 Å². The molecule has 2 N–H and O–H groups in total. The zero-order valence-electron chi connectivity index (χ0n) is 12.3. The smallest absolute Gasteiger partial charge is 0.191 e. The van der Waals surface area contributed by atoms with Gasteiger partial charge in [0.05, 0.1) is 0 Å². The van der Waals surface area contributed by atoms with Crippen molar-refractivity contribution < 1.29 is 0 Å². The van der Waals surface area contributed by atoms with E-state index in [1.165, 1.54) is 24.3 Å². The normalized spacial score (nSPS) is 16.1. The molecular formula is C14H24N4S2. The van der Waals surface area contributed by atoms with Gasteiger partial charge in [-0.1, -0.05) is 18.7 Å². The summed E-state index contributed by atoms with van der Waals surface area (Å²) < 4.78 is 0. The first-order chi connectivity index (χ1) is 9.81. The van der Waals surface area contributed by atoms with Crippen LogP contribution in [-0.4, -0.2) is 40.8 Å². The first kappa shape index (κ1) is 15.8. The summed E-state index contributed by atoms with van der Waals surface area (Å²) in [6.07, 6.45) is 5.75. The maximum atomic E-state index is 4.54. The number of nitrogens with one attached hydrogen (secondary N) is 2. The number of anilines is 2. The van der Waals surface area contributed by atoms with Crippen molar-refractivity contribution in [1.29, 1.82) is 0 Å². The number of aromatic nitrogens is 2. The summed E-state index contributed by atoms with van der Waals surface area (Å²) in [5.74, 6) is 5.26. The molecule has 1 aliphatic rings. The van der Waals surface area contributed by atoms with Gasteiger partial charge in [0.25, 0.3) is 0 Å². The molecule has 6 heteroatoms. The molecule has 0 bridgehead atoms. The molecule has 1 fully saturated rings. The van der Waals surface area contributed by atoms with E-state index < -0.39 is 0 Å². The van der Waals surface area contributed by atoms with E-state index in [9.17, 15) is 0 Å². The van der Waals surface area contributed by atoms with E-state index in [0.29, 0.717) is 0 Å². The van der Waals surface area contributed by atoms with Crippen LogP contribution >= 0.6 is 23.5 Å². The van der Waals surface area contributed by atoms with Crippen LogP contribution in [0.25, 0.3) is 0 Å². The highest BCUT2D eigenvalue weighted by Gasteiger charge is 2.14. The Bertz CT molecular complexity index is 408. The second kappa shape index (κ2) is 8.62. The van der Waals surface area contributed by atoms with Gasteiger partial charge in [-0.05, 0) is 42.9 Å². The molecule has 0 atom stereocenters. The Balaban J connectivity index is 1.94. The molecule has 0 radical (unpaired) electrons. The molecule has 0 aliphatic carbocycles. The zero-order chi connectivity index (χ0) is 14.2. The molecule has 4 nitrogen and oxygen atoms in total. The minimum absolute atomic E-state index is 0.788. The molecule has 1 aromatic heterocycles. The summed E-state index contributed by atoms with van der Waals surface area (Å²) in [6, 6.07) is 2.02. The third kappa shape index (κ3) is 5.05. The molecule has 112 valence electrons. The number of thioether (sulfide) groups is 2. The lowest BCUT2D eigenvalue weighted by atomic mass is 10.0. The SMILES string of the molecule is CCCNc1cc(NCC2CCSCC2)nc(SC)n1. The van der Waals surface area contributed by atoms with E-state index >= 15 is 0 Å². The average molecular weight is 313 g/mol. The molecule has 0 spiro atoms. The van der Waals surface area contributed by atoms with Crippen molar-refractivity contribution in [2.24, 2.45) is 5.92 Å². The predicted octanol–water partition coefficient (Wildman–Crippen LogP) is 3.58. The summed E-state index contributed by atoms with van der Waals surface area (Å²) >= 11 is 3.66. The van der Waals surface area contributed by atoms with Crippen LogP contribution in [0.1, 0.15) is 26.2 Å². The zero-order valence-corrected chi connectivity index (χ0v) is 13.9. The van der Waals surface area contributed by atoms with E-state index in [1.54, 1.807) is 11.8 Å². The lowest BCUT2D eigenvalue weighted by molar-refractivity contribution is 0.515. The van der Waals surface area contributed by atoms with Crippen LogP contribution in [0, 0.1) is 5.92 Å². The fourth-order valence-electron chi connectivity index (χ4n) is 2.15. The fraction of sp³-hybridized carbons (Fsp3) is 0.714. The van der Waals surface area contributed by atoms with E-state index in [0.717, 1.165) is 42.2 Å². The van der Waals surface area contributed by atoms with Gasteiger partial charge in [0.2, 0.25) is 0 Å². The number of rotatable bonds is 7. The monoisotopic (exact) mass is 312 g/mol. The fourth-order valence-corrected chi connectivity index (χ4v) is 3.73. The molecule has 2 heterocycles. The third-order valence-corrected chi connectivity index (χ3v) is 4.95. The number of nitrogens with zero attached hydrogens (tertiary/aromatic N) is 2. The van der Waals surface area contributed by atoms with E-state index in [1.807, 2.05) is 12.3 Å². The molecule has 20 heavy (non-hydrogen) atoms. The molecule has 1 aromatic rings. The molecule has 2 rings (SSSR count). The summed E-state index contributed by atoms with van der Waals surface area (Å²) in [6.45, 7) is 4.13. The van der Waals surface area contributed by atoms with Crippen LogP contribution in [0.2, 0.25) is 0 Å². The van der Waals surface area contributed by atoms with Gasteiger partial charge in [-0.25, -0.2) is 9.97 Å². The predicted molar refractivity (Wildman–Crippen MR) is 91.1 cm³/mol. The first-order valence-corrected chi connectivity index (χ1v) is 9.68. The van der Waals surface area contributed by atoms with Crippen LogP contribution in [0.5, 0.6) is 0 Å². The topological polar surface area (TPSA) is 49.8 Å². The van der Waals surface area contributed by atoms with Gasteiger partial charge in [-0.2, -0.15) is 11.8 Å². The quantitative estimate of drug-likeness (QED) is 0.593. The van der Waals surface area contributed by atoms with Crippen molar-refractivity contribution in [3.63, 3.8) is 0 Å². The Hall–Kier alpha value is -0.620. The van der Waals surface area contributed by atoms with Crippen molar-refractivity contribution >= 4 is 35.2 Å². The van der Waals surface area contributed by atoms with Crippen LogP contribution in [-0.2, 0) is 0 Å². The van der Waals surface area contributed by atoms with E-state index in [-0.39, 0.29) is 0 Å². The third-order valence-electron chi connectivity index (χ3n) is 3.36. The minimum Gasteiger partial charge on any atom is -0.370 e. The Labute approximate surface area is 130 Å². The molecule has 0 unspecified atom stereocenters. The van der Waals surface area contributed by atoms with Crippen molar-refractivity contribution in [2.45, 2.75) is 31.3 Å². The summed E-state index contributed by atoms with van der Waals surface area (Å²) in [5.41, 5.74) is 0. The molecule has 1 saturated heterocycles. The number of hydrogen-bond donors (Lipinski definition) is 2. The molecular weight excluding hydrogens is 288 g/mol. The molecule has 0 aromatic carbocycles. The second-order valence-corrected chi connectivity index (χ2v) is 6.99. The Kier molecular flexibility index (Phi) is 6.79. The lowest BCUT2D eigenvalue weighted by Crippen LogP contribution is -2.19. The highest BCUT2D eigenvalue weighted by Crippen LogP contribution is 2.23. The summed E-state index contributed by atoms with van der Waals surface area (Å²) in [7, 11) is 0. The van der Waals surface area contributed by atoms with Gasteiger partial charge in [-0.15, -0.1) is 0 Å². The Morgan fingerprint density at radius 2 is 1.95 bits per heavy atom. The highest BCUT2D eigenvalue weighted by molar-refractivity contribution is 7.99. The molecule has 1 aliphatic heterocycles. The number of hydrogen-bond acceptors (Lipinski definition) is 6. The highest BCUT2D eigenvalue weighted by atomic mass is 32.2. The van der Waals surface area contributed by atoms with Crippen LogP contribution in [0.15, 0.2) is 11.2 Å². The standard InChI is InChI=1S/C14H24N4S2/c1-3-6-15-12-9-13(18-14(17-12)19-2)16-10-11-4-7-20-8-5-11/h9,11H,3-8,10H2,1-2H3,(H2,15,16,17,18). The van der Waals surface area contributed by atoms with Crippen LogP contribution in [0.3, 0.4) is 0 Å². The van der Waals surface area contributed by atoms with Crippen LogP contribution in [0.4, 0.5) is 11.6 Å². The second-order valence-electron chi connectivity index (χ2n) is 4.99. The molecule has 0 amide bonds. The van der Waals surface area contributed by atoms with Gasteiger partial charge in [0.15, 0.2) is 5.16 Å². The van der Waals surface area contributed by atoms with Gasteiger partial charge in [-0.3, -0.25) is 0 Å². The lowest BCUT2D eigenvalue weighted by Gasteiger charge is -2.22. The maximum Gasteiger partial charge on any atom is 0.191 e. The van der Waals surface area contributed by atoms with E-state index in [4.69, 9.17) is 0 Å². The minimum atomic E-state index is 0.788. The first-order valence-electron chi connectivity index (χ1n) is 7.30. The molecule has 0 saturated carbocycles. The average Bonchev–Trinajstić information content (AvgIpc) is 2.51.